The van der Waals surface area contributed by atoms with E-state index in [4.69, 9.17) is 23.1 Å². The van der Waals surface area contributed by atoms with E-state index in [9.17, 15) is 8.42 Å². The molecule has 3 aromatic rings. The highest BCUT2D eigenvalue weighted by Gasteiger charge is 2.22. The maximum atomic E-state index is 13.1. The van der Waals surface area contributed by atoms with E-state index in [1.807, 2.05) is 0 Å². The zero-order valence-electron chi connectivity index (χ0n) is 13.8. The van der Waals surface area contributed by atoms with Crippen LogP contribution < -0.4 is 11.5 Å². The molecule has 1 aromatic heterocycles. The van der Waals surface area contributed by atoms with Crippen molar-refractivity contribution in [2.75, 3.05) is 0 Å². The lowest BCUT2D eigenvalue weighted by Crippen LogP contribution is -2.22. The number of rotatable bonds is 4. The van der Waals surface area contributed by atoms with Crippen molar-refractivity contribution in [2.24, 2.45) is 21.7 Å². The lowest BCUT2D eigenvalue weighted by molar-refractivity contribution is 0.589. The van der Waals surface area contributed by atoms with E-state index >= 15 is 0 Å². The van der Waals surface area contributed by atoms with Crippen LogP contribution >= 0.6 is 11.6 Å². The summed E-state index contributed by atoms with van der Waals surface area (Å²) in [5.74, 6) is -0.192. The van der Waals surface area contributed by atoms with Crippen molar-refractivity contribution in [3.05, 3.63) is 65.3 Å². The van der Waals surface area contributed by atoms with Crippen LogP contribution in [-0.4, -0.2) is 24.1 Å². The fraction of sp³-hybridized carbons (Fsp3) is 0.0588. The molecular weight excluding hydrogens is 374 g/mol. The Bertz CT molecular complexity index is 1130. The normalized spacial score (nSPS) is 12.3. The molecule has 0 atom stereocenters. The molecule has 0 saturated carbocycles. The maximum Gasteiger partial charge on any atom is 0.268 e. The Morgan fingerprint density at radius 3 is 2.42 bits per heavy atom. The van der Waals surface area contributed by atoms with Gasteiger partial charge in [-0.25, -0.2) is 12.4 Å². The van der Waals surface area contributed by atoms with E-state index in [0.29, 0.717) is 27.2 Å². The number of aromatic nitrogens is 1. The fourth-order valence-electron chi connectivity index (χ4n) is 2.55. The average Bonchev–Trinajstić information content (AvgIpc) is 3.00. The second kappa shape index (κ2) is 6.81. The second-order valence-electron chi connectivity index (χ2n) is 5.53. The minimum Gasteiger partial charge on any atom is -0.369 e. The third kappa shape index (κ3) is 3.29. The maximum absolute atomic E-state index is 13.1. The fourth-order valence-corrected chi connectivity index (χ4v) is 4.11. The monoisotopic (exact) mass is 389 g/mol. The Morgan fingerprint density at radius 2 is 1.77 bits per heavy atom. The third-order valence-corrected chi connectivity index (χ3v) is 5.66. The predicted molar refractivity (Wildman–Crippen MR) is 104 cm³/mol. The summed E-state index contributed by atoms with van der Waals surface area (Å²) in [5.41, 5.74) is 12.1. The van der Waals surface area contributed by atoms with Gasteiger partial charge in [0.15, 0.2) is 0 Å². The Labute approximate surface area is 155 Å². The summed E-state index contributed by atoms with van der Waals surface area (Å²) < 4.78 is 27.3. The number of nitrogens with two attached hydrogens (primary N) is 2. The standard InChI is InChI=1S/C17H16ClN5O2S/c1-11(21-22-17(19)20)15-10-23(16-8-7-12(18)9-14(15)16)26(24,25)13-5-3-2-4-6-13/h2-10H,1H3,(H4,19,20,22). The minimum absolute atomic E-state index is 0.178. The number of nitrogens with zero attached hydrogens (tertiary/aromatic N) is 3. The molecule has 0 aliphatic carbocycles. The van der Waals surface area contributed by atoms with Gasteiger partial charge in [-0.2, -0.15) is 5.10 Å². The molecule has 0 unspecified atom stereocenters. The van der Waals surface area contributed by atoms with Gasteiger partial charge in [0.1, 0.15) is 0 Å². The third-order valence-electron chi connectivity index (χ3n) is 3.74. The van der Waals surface area contributed by atoms with Crippen LogP contribution in [0.4, 0.5) is 0 Å². The van der Waals surface area contributed by atoms with E-state index in [0.717, 1.165) is 0 Å². The molecule has 0 aliphatic rings. The molecule has 0 aliphatic heterocycles. The number of benzene rings is 2. The first-order chi connectivity index (χ1) is 12.3. The van der Waals surface area contributed by atoms with E-state index in [-0.39, 0.29) is 10.9 Å². The first-order valence-electron chi connectivity index (χ1n) is 7.55. The molecule has 0 radical (unpaired) electrons. The summed E-state index contributed by atoms with van der Waals surface area (Å²) in [6.07, 6.45) is 1.49. The SMILES string of the molecule is CC(=NN=C(N)N)c1cn(S(=O)(=O)c2ccccc2)c2ccc(Cl)cc12. The van der Waals surface area contributed by atoms with Crippen molar-refractivity contribution in [1.29, 1.82) is 0 Å². The first kappa shape index (κ1) is 18.0. The van der Waals surface area contributed by atoms with Gasteiger partial charge in [0.05, 0.1) is 16.1 Å². The summed E-state index contributed by atoms with van der Waals surface area (Å²) in [4.78, 5) is 0.178. The highest BCUT2D eigenvalue weighted by atomic mass is 35.5. The molecule has 2 aromatic carbocycles. The van der Waals surface area contributed by atoms with Crippen LogP contribution in [0.2, 0.25) is 5.02 Å². The van der Waals surface area contributed by atoms with Crippen molar-refractivity contribution >= 4 is 44.2 Å². The van der Waals surface area contributed by atoms with Gasteiger partial charge in [-0.1, -0.05) is 29.8 Å². The van der Waals surface area contributed by atoms with Crippen LogP contribution in [0.5, 0.6) is 0 Å². The van der Waals surface area contributed by atoms with Gasteiger partial charge >= 0.3 is 0 Å². The van der Waals surface area contributed by atoms with Crippen molar-refractivity contribution in [3.63, 3.8) is 0 Å². The Morgan fingerprint density at radius 1 is 1.08 bits per heavy atom. The number of hydrogen-bond donors (Lipinski definition) is 2. The molecule has 7 nitrogen and oxygen atoms in total. The molecule has 26 heavy (non-hydrogen) atoms. The molecule has 1 heterocycles. The van der Waals surface area contributed by atoms with Gasteiger partial charge in [0.25, 0.3) is 10.0 Å². The van der Waals surface area contributed by atoms with E-state index in [1.54, 1.807) is 43.3 Å². The van der Waals surface area contributed by atoms with Crippen LogP contribution in [0.1, 0.15) is 12.5 Å². The second-order valence-corrected chi connectivity index (χ2v) is 7.78. The number of guanidine groups is 1. The first-order valence-corrected chi connectivity index (χ1v) is 9.37. The number of halogens is 1. The lowest BCUT2D eigenvalue weighted by atomic mass is 10.1. The minimum atomic E-state index is -3.79. The Balaban J connectivity index is 2.29. The van der Waals surface area contributed by atoms with Gasteiger partial charge in [-0.05, 0) is 37.3 Å². The molecule has 134 valence electrons. The van der Waals surface area contributed by atoms with Crippen LogP contribution in [0.15, 0.2) is 69.8 Å². The lowest BCUT2D eigenvalue weighted by Gasteiger charge is -2.07. The molecule has 9 heteroatoms. The zero-order valence-corrected chi connectivity index (χ0v) is 15.4. The van der Waals surface area contributed by atoms with Crippen molar-refractivity contribution < 1.29 is 8.42 Å². The zero-order chi connectivity index (χ0) is 18.9. The summed E-state index contributed by atoms with van der Waals surface area (Å²) in [6.45, 7) is 1.68. The summed E-state index contributed by atoms with van der Waals surface area (Å²) in [7, 11) is -3.79. The van der Waals surface area contributed by atoms with Gasteiger partial charge < -0.3 is 11.5 Å². The van der Waals surface area contributed by atoms with Crippen LogP contribution in [-0.2, 0) is 10.0 Å². The largest absolute Gasteiger partial charge is 0.369 e. The quantitative estimate of drug-likeness (QED) is 0.405. The summed E-state index contributed by atoms with van der Waals surface area (Å²) in [6, 6.07) is 13.1. The van der Waals surface area contributed by atoms with Crippen molar-refractivity contribution in [3.8, 4) is 0 Å². The van der Waals surface area contributed by atoms with Crippen LogP contribution in [0.3, 0.4) is 0 Å². The molecular formula is C17H16ClN5O2S. The molecule has 0 amide bonds. The Hall–Kier alpha value is -2.84. The predicted octanol–water partition coefficient (Wildman–Crippen LogP) is 2.53. The average molecular weight is 390 g/mol. The Kier molecular flexibility index (Phi) is 4.71. The van der Waals surface area contributed by atoms with Crippen molar-refractivity contribution in [1.82, 2.24) is 3.97 Å². The molecule has 0 spiro atoms. The van der Waals surface area contributed by atoms with E-state index < -0.39 is 10.0 Å². The van der Waals surface area contributed by atoms with Crippen LogP contribution in [0, 0.1) is 0 Å². The topological polar surface area (TPSA) is 116 Å². The van der Waals surface area contributed by atoms with Crippen molar-refractivity contribution in [2.45, 2.75) is 11.8 Å². The molecule has 4 N–H and O–H groups in total. The van der Waals surface area contributed by atoms with Gasteiger partial charge in [0.2, 0.25) is 5.96 Å². The molecule has 0 saturated heterocycles. The summed E-state index contributed by atoms with van der Waals surface area (Å²) in [5, 5.41) is 8.68. The van der Waals surface area contributed by atoms with E-state index in [2.05, 4.69) is 10.2 Å². The molecule has 0 fully saturated rings. The van der Waals surface area contributed by atoms with Gasteiger partial charge in [-0.3, -0.25) is 0 Å². The number of hydrogen-bond acceptors (Lipinski definition) is 4. The number of fused-ring (bicyclic) bond motifs is 1. The van der Waals surface area contributed by atoms with Crippen LogP contribution in [0.25, 0.3) is 10.9 Å². The summed E-state index contributed by atoms with van der Waals surface area (Å²) >= 11 is 6.10. The van der Waals surface area contributed by atoms with Gasteiger partial charge in [-0.15, -0.1) is 5.10 Å². The molecule has 3 rings (SSSR count). The highest BCUT2D eigenvalue weighted by molar-refractivity contribution is 7.90. The smallest absolute Gasteiger partial charge is 0.268 e. The highest BCUT2D eigenvalue weighted by Crippen LogP contribution is 2.29. The van der Waals surface area contributed by atoms with Gasteiger partial charge in [0, 0.05) is 22.2 Å². The van der Waals surface area contributed by atoms with E-state index in [1.165, 1.54) is 22.3 Å². The molecule has 0 bridgehead atoms.